The smallest absolute Gasteiger partial charge is 0.267 e. The van der Waals surface area contributed by atoms with Crippen molar-refractivity contribution in [1.29, 1.82) is 0 Å². The molecule has 0 bridgehead atoms. The third-order valence-electron chi connectivity index (χ3n) is 2.39. The monoisotopic (exact) mass is 264 g/mol. The van der Waals surface area contributed by atoms with Gasteiger partial charge in [0.25, 0.3) is 5.56 Å². The van der Waals surface area contributed by atoms with E-state index >= 15 is 0 Å². The lowest BCUT2D eigenvalue weighted by atomic mass is 10.3. The molecule has 0 saturated carbocycles. The van der Waals surface area contributed by atoms with Gasteiger partial charge in [0.15, 0.2) is 5.13 Å². The lowest BCUT2D eigenvalue weighted by Gasteiger charge is -2.01. The molecule has 0 unspecified atom stereocenters. The van der Waals surface area contributed by atoms with Crippen molar-refractivity contribution in [2.45, 2.75) is 26.8 Å². The molecule has 2 rings (SSSR count). The van der Waals surface area contributed by atoms with Crippen LogP contribution in [0.25, 0.3) is 0 Å². The average Bonchev–Trinajstić information content (AvgIpc) is 2.78. The van der Waals surface area contributed by atoms with E-state index in [1.807, 2.05) is 6.92 Å². The average molecular weight is 264 g/mol. The Balaban J connectivity index is 2.09. The standard InChI is InChI=1S/C12H16N4OS/c1-3-4-13-12-14-7-10(18-12)8-16-11(17)5-9(2)6-15-16/h5-7H,3-4,8H2,1-2H3,(H,13,14). The van der Waals surface area contributed by atoms with Crippen molar-refractivity contribution in [2.75, 3.05) is 11.9 Å². The molecule has 0 amide bonds. The summed E-state index contributed by atoms with van der Waals surface area (Å²) in [6, 6.07) is 1.59. The predicted molar refractivity (Wildman–Crippen MR) is 73.2 cm³/mol. The molecule has 6 heteroatoms. The fraction of sp³-hybridized carbons (Fsp3) is 0.417. The first-order chi connectivity index (χ1) is 8.69. The zero-order chi connectivity index (χ0) is 13.0. The Morgan fingerprint density at radius 1 is 1.44 bits per heavy atom. The molecule has 0 atom stereocenters. The number of hydrogen-bond acceptors (Lipinski definition) is 5. The summed E-state index contributed by atoms with van der Waals surface area (Å²) < 4.78 is 1.45. The van der Waals surface area contributed by atoms with Gasteiger partial charge in [-0.2, -0.15) is 5.10 Å². The minimum atomic E-state index is -0.0773. The number of nitrogens with zero attached hydrogens (tertiary/aromatic N) is 3. The molecule has 1 N–H and O–H groups in total. The Morgan fingerprint density at radius 2 is 2.28 bits per heavy atom. The second-order valence-corrected chi connectivity index (χ2v) is 5.20. The highest BCUT2D eigenvalue weighted by Crippen LogP contribution is 2.18. The van der Waals surface area contributed by atoms with Crippen LogP contribution in [0.15, 0.2) is 23.3 Å². The fourth-order valence-corrected chi connectivity index (χ4v) is 2.31. The SMILES string of the molecule is CCCNc1ncc(Cn2ncc(C)cc2=O)s1. The van der Waals surface area contributed by atoms with Gasteiger partial charge in [-0.3, -0.25) is 4.79 Å². The van der Waals surface area contributed by atoms with Crippen LogP contribution in [0.1, 0.15) is 23.8 Å². The van der Waals surface area contributed by atoms with E-state index in [2.05, 4.69) is 22.3 Å². The molecule has 0 fully saturated rings. The van der Waals surface area contributed by atoms with Crippen LogP contribution in [0.2, 0.25) is 0 Å². The topological polar surface area (TPSA) is 59.8 Å². The van der Waals surface area contributed by atoms with Gasteiger partial charge in [-0.05, 0) is 18.9 Å². The van der Waals surface area contributed by atoms with Gasteiger partial charge < -0.3 is 5.32 Å². The summed E-state index contributed by atoms with van der Waals surface area (Å²) in [6.07, 6.45) is 4.54. The van der Waals surface area contributed by atoms with E-state index in [0.717, 1.165) is 28.5 Å². The minimum absolute atomic E-state index is 0.0773. The number of aromatic nitrogens is 3. The maximum atomic E-state index is 11.7. The number of nitrogens with one attached hydrogen (secondary N) is 1. The maximum Gasteiger partial charge on any atom is 0.267 e. The molecule has 0 aliphatic rings. The lowest BCUT2D eigenvalue weighted by Crippen LogP contribution is -2.22. The zero-order valence-corrected chi connectivity index (χ0v) is 11.3. The zero-order valence-electron chi connectivity index (χ0n) is 10.5. The Hall–Kier alpha value is -1.69. The third kappa shape index (κ3) is 3.16. The highest BCUT2D eigenvalue weighted by atomic mass is 32.1. The molecule has 0 aromatic carbocycles. The molecule has 2 aromatic heterocycles. The summed E-state index contributed by atoms with van der Waals surface area (Å²) in [5.74, 6) is 0. The largest absolute Gasteiger partial charge is 0.362 e. The highest BCUT2D eigenvalue weighted by Gasteiger charge is 2.04. The first-order valence-electron chi connectivity index (χ1n) is 5.91. The van der Waals surface area contributed by atoms with Crippen LogP contribution in [0.4, 0.5) is 5.13 Å². The fourth-order valence-electron chi connectivity index (χ4n) is 1.48. The number of aryl methyl sites for hydroxylation is 1. The van der Waals surface area contributed by atoms with E-state index in [1.54, 1.807) is 29.8 Å². The van der Waals surface area contributed by atoms with Crippen molar-refractivity contribution in [2.24, 2.45) is 0 Å². The minimum Gasteiger partial charge on any atom is -0.362 e. The summed E-state index contributed by atoms with van der Waals surface area (Å²) in [5.41, 5.74) is 0.803. The molecule has 5 nitrogen and oxygen atoms in total. The van der Waals surface area contributed by atoms with Crippen LogP contribution in [-0.2, 0) is 6.54 Å². The summed E-state index contributed by atoms with van der Waals surface area (Å²) >= 11 is 1.56. The Labute approximate surface area is 110 Å². The van der Waals surface area contributed by atoms with Crippen LogP contribution in [-0.4, -0.2) is 21.3 Å². The number of hydrogen-bond donors (Lipinski definition) is 1. The lowest BCUT2D eigenvalue weighted by molar-refractivity contribution is 0.641. The molecule has 2 aromatic rings. The molecule has 2 heterocycles. The molecule has 0 aliphatic heterocycles. The molecule has 0 spiro atoms. The van der Waals surface area contributed by atoms with Crippen molar-refractivity contribution in [3.05, 3.63) is 39.3 Å². The van der Waals surface area contributed by atoms with Crippen LogP contribution in [0.5, 0.6) is 0 Å². The van der Waals surface area contributed by atoms with E-state index in [4.69, 9.17) is 0 Å². The van der Waals surface area contributed by atoms with Crippen molar-refractivity contribution in [3.8, 4) is 0 Å². The second-order valence-electron chi connectivity index (χ2n) is 4.09. The Morgan fingerprint density at radius 3 is 3.00 bits per heavy atom. The normalized spacial score (nSPS) is 10.6. The van der Waals surface area contributed by atoms with E-state index in [-0.39, 0.29) is 5.56 Å². The molecule has 18 heavy (non-hydrogen) atoms. The number of rotatable bonds is 5. The van der Waals surface area contributed by atoms with Crippen LogP contribution < -0.4 is 10.9 Å². The Kier molecular flexibility index (Phi) is 4.09. The van der Waals surface area contributed by atoms with Gasteiger partial charge in [-0.25, -0.2) is 9.67 Å². The van der Waals surface area contributed by atoms with Crippen molar-refractivity contribution in [1.82, 2.24) is 14.8 Å². The first kappa shape index (κ1) is 12.8. The van der Waals surface area contributed by atoms with Gasteiger partial charge in [0.05, 0.1) is 12.7 Å². The molecular weight excluding hydrogens is 248 g/mol. The summed E-state index contributed by atoms with van der Waals surface area (Å²) in [6.45, 7) is 5.36. The van der Waals surface area contributed by atoms with E-state index in [0.29, 0.717) is 6.54 Å². The van der Waals surface area contributed by atoms with Crippen molar-refractivity contribution in [3.63, 3.8) is 0 Å². The molecule has 0 saturated heterocycles. The van der Waals surface area contributed by atoms with Crippen molar-refractivity contribution >= 4 is 16.5 Å². The molecule has 96 valence electrons. The summed E-state index contributed by atoms with van der Waals surface area (Å²) in [4.78, 5) is 17.0. The van der Waals surface area contributed by atoms with Crippen LogP contribution >= 0.6 is 11.3 Å². The molecular formula is C12H16N4OS. The van der Waals surface area contributed by atoms with Crippen LogP contribution in [0.3, 0.4) is 0 Å². The van der Waals surface area contributed by atoms with Gasteiger partial charge in [-0.15, -0.1) is 11.3 Å². The third-order valence-corrected chi connectivity index (χ3v) is 3.33. The van der Waals surface area contributed by atoms with Gasteiger partial charge in [0.1, 0.15) is 0 Å². The van der Waals surface area contributed by atoms with E-state index in [9.17, 15) is 4.79 Å². The van der Waals surface area contributed by atoms with Crippen LogP contribution in [0, 0.1) is 6.92 Å². The predicted octanol–water partition coefficient (Wildman–Crippen LogP) is 1.88. The highest BCUT2D eigenvalue weighted by molar-refractivity contribution is 7.15. The Bertz CT molecular complexity index is 575. The quantitative estimate of drug-likeness (QED) is 0.895. The number of thiazole rings is 1. The van der Waals surface area contributed by atoms with Crippen molar-refractivity contribution < 1.29 is 0 Å². The van der Waals surface area contributed by atoms with Gasteiger partial charge in [-0.1, -0.05) is 6.92 Å². The van der Waals surface area contributed by atoms with Gasteiger partial charge in [0.2, 0.25) is 0 Å². The van der Waals surface area contributed by atoms with E-state index in [1.165, 1.54) is 4.68 Å². The molecule has 0 aliphatic carbocycles. The first-order valence-corrected chi connectivity index (χ1v) is 6.73. The maximum absolute atomic E-state index is 11.7. The summed E-state index contributed by atoms with van der Waals surface area (Å²) in [5, 5.41) is 8.23. The number of anilines is 1. The van der Waals surface area contributed by atoms with Gasteiger partial charge in [0, 0.05) is 23.7 Å². The second kappa shape index (κ2) is 5.77. The van der Waals surface area contributed by atoms with Gasteiger partial charge >= 0.3 is 0 Å². The van der Waals surface area contributed by atoms with E-state index < -0.39 is 0 Å². The molecule has 0 radical (unpaired) electrons. The summed E-state index contributed by atoms with van der Waals surface area (Å²) in [7, 11) is 0.